The number of anilines is 1. The van der Waals surface area contributed by atoms with Crippen LogP contribution in [0.15, 0.2) is 47.4 Å². The van der Waals surface area contributed by atoms with E-state index in [-0.39, 0.29) is 11.8 Å². The Morgan fingerprint density at radius 2 is 1.96 bits per heavy atom. The Bertz CT molecular complexity index is 931. The van der Waals surface area contributed by atoms with E-state index in [0.29, 0.717) is 22.2 Å². The summed E-state index contributed by atoms with van der Waals surface area (Å²) in [5, 5.41) is 3.41. The lowest BCUT2D eigenvalue weighted by Crippen LogP contribution is -2.33. The number of rotatable bonds is 4. The van der Waals surface area contributed by atoms with Crippen molar-refractivity contribution in [3.05, 3.63) is 58.6 Å². The molecule has 0 radical (unpaired) electrons. The van der Waals surface area contributed by atoms with Gasteiger partial charge in [0.2, 0.25) is 11.8 Å². The molecule has 0 aliphatic carbocycles. The van der Waals surface area contributed by atoms with Crippen LogP contribution in [-0.4, -0.2) is 40.8 Å². The largest absolute Gasteiger partial charge is 0.344 e. The monoisotopic (exact) mass is 404 g/mol. The smallest absolute Gasteiger partial charge is 0.237 e. The van der Waals surface area contributed by atoms with Crippen molar-refractivity contribution >= 4 is 39.9 Å². The maximum absolute atomic E-state index is 13.0. The van der Waals surface area contributed by atoms with E-state index < -0.39 is 22.6 Å². The Morgan fingerprint density at radius 1 is 1.26 bits per heavy atom. The number of hydrogen-bond acceptors (Lipinski definition) is 3. The average molecular weight is 405 g/mol. The van der Waals surface area contributed by atoms with Crippen LogP contribution in [0.4, 0.5) is 5.69 Å². The maximum Gasteiger partial charge on any atom is 0.237 e. The molecule has 3 atom stereocenters. The van der Waals surface area contributed by atoms with E-state index in [4.69, 9.17) is 11.6 Å². The van der Waals surface area contributed by atoms with Crippen LogP contribution in [-0.2, 0) is 20.4 Å². The lowest BCUT2D eigenvalue weighted by molar-refractivity contribution is -0.135. The highest BCUT2D eigenvalue weighted by Gasteiger charge is 2.44. The molecule has 1 aliphatic rings. The van der Waals surface area contributed by atoms with Gasteiger partial charge < -0.3 is 10.2 Å². The number of likely N-dealkylation sites (N-methyl/N-ethyl adjacent to an activating group) is 1. The second-order valence-electron chi connectivity index (χ2n) is 6.75. The fourth-order valence-electron chi connectivity index (χ4n) is 3.36. The summed E-state index contributed by atoms with van der Waals surface area (Å²) >= 11 is 6.24. The number of nitrogens with one attached hydrogen (secondary N) is 1. The first kappa shape index (κ1) is 19.6. The average Bonchev–Trinajstić information content (AvgIpc) is 2.92. The summed E-state index contributed by atoms with van der Waals surface area (Å²) in [5.41, 5.74) is 2.26. The molecule has 2 amide bonds. The molecule has 1 fully saturated rings. The lowest BCUT2D eigenvalue weighted by atomic mass is 9.87. The highest BCUT2D eigenvalue weighted by atomic mass is 35.5. The molecule has 2 aromatic carbocycles. The first-order valence-electron chi connectivity index (χ1n) is 8.54. The fraction of sp³-hybridized carbons (Fsp3) is 0.300. The summed E-state index contributed by atoms with van der Waals surface area (Å²) in [6.45, 7) is 2.35. The molecule has 7 heteroatoms. The van der Waals surface area contributed by atoms with Crippen LogP contribution in [0.3, 0.4) is 0 Å². The van der Waals surface area contributed by atoms with Crippen molar-refractivity contribution in [1.29, 1.82) is 0 Å². The Balaban J connectivity index is 1.92. The van der Waals surface area contributed by atoms with Crippen molar-refractivity contribution in [2.45, 2.75) is 17.7 Å². The Kier molecular flexibility index (Phi) is 5.67. The molecular formula is C20H21ClN2O3S. The number of amides is 2. The normalized spacial score (nSPS) is 20.6. The minimum absolute atomic E-state index is 0.232. The van der Waals surface area contributed by atoms with Gasteiger partial charge in [0, 0.05) is 30.8 Å². The molecule has 0 bridgehead atoms. The molecule has 1 unspecified atom stereocenters. The maximum atomic E-state index is 13.0. The van der Waals surface area contributed by atoms with Gasteiger partial charge in [0.05, 0.1) is 21.4 Å². The molecule has 1 heterocycles. The summed E-state index contributed by atoms with van der Waals surface area (Å²) in [4.78, 5) is 27.7. The summed E-state index contributed by atoms with van der Waals surface area (Å²) in [5.74, 6) is -1.78. The van der Waals surface area contributed by atoms with E-state index in [0.717, 1.165) is 11.1 Å². The molecule has 0 saturated carbocycles. The van der Waals surface area contributed by atoms with Gasteiger partial charge in [-0.3, -0.25) is 13.8 Å². The quantitative estimate of drug-likeness (QED) is 0.796. The third-order valence-electron chi connectivity index (χ3n) is 4.88. The SMILES string of the molecule is Cc1ccc([C@H]2CN(C)C(=O)[C@@H]2C(=O)Nc2ccccc2S(C)=O)cc1Cl. The summed E-state index contributed by atoms with van der Waals surface area (Å²) < 4.78 is 11.9. The predicted molar refractivity (Wildman–Crippen MR) is 107 cm³/mol. The molecule has 1 aliphatic heterocycles. The number of nitrogens with zero attached hydrogens (tertiary/aromatic N) is 1. The molecular weight excluding hydrogens is 384 g/mol. The number of benzene rings is 2. The number of likely N-dealkylation sites (tertiary alicyclic amines) is 1. The molecule has 27 heavy (non-hydrogen) atoms. The van der Waals surface area contributed by atoms with Crippen LogP contribution < -0.4 is 5.32 Å². The molecule has 1 N–H and O–H groups in total. The number of carbonyl (C=O) groups is 2. The van der Waals surface area contributed by atoms with E-state index in [2.05, 4.69) is 5.32 Å². The Morgan fingerprint density at radius 3 is 2.63 bits per heavy atom. The van der Waals surface area contributed by atoms with E-state index in [9.17, 15) is 13.8 Å². The first-order valence-corrected chi connectivity index (χ1v) is 10.5. The second kappa shape index (κ2) is 7.82. The van der Waals surface area contributed by atoms with E-state index in [1.165, 1.54) is 0 Å². The summed E-state index contributed by atoms with van der Waals surface area (Å²) in [6.07, 6.45) is 1.55. The van der Waals surface area contributed by atoms with Gasteiger partial charge in [-0.1, -0.05) is 35.9 Å². The molecule has 5 nitrogen and oxygen atoms in total. The zero-order valence-corrected chi connectivity index (χ0v) is 16.9. The lowest BCUT2D eigenvalue weighted by Gasteiger charge is -2.18. The van der Waals surface area contributed by atoms with Crippen molar-refractivity contribution < 1.29 is 13.8 Å². The number of para-hydroxylation sites is 1. The van der Waals surface area contributed by atoms with Crippen LogP contribution in [0, 0.1) is 12.8 Å². The van der Waals surface area contributed by atoms with Gasteiger partial charge >= 0.3 is 0 Å². The molecule has 0 aromatic heterocycles. The van der Waals surface area contributed by atoms with Crippen LogP contribution in [0.5, 0.6) is 0 Å². The fourth-order valence-corrected chi connectivity index (χ4v) is 4.25. The first-order chi connectivity index (χ1) is 12.8. The molecule has 1 saturated heterocycles. The minimum atomic E-state index is -1.25. The van der Waals surface area contributed by atoms with Gasteiger partial charge in [-0.15, -0.1) is 0 Å². The highest BCUT2D eigenvalue weighted by Crippen LogP contribution is 2.36. The van der Waals surface area contributed by atoms with Crippen LogP contribution in [0.1, 0.15) is 17.0 Å². The van der Waals surface area contributed by atoms with Crippen LogP contribution in [0.25, 0.3) is 0 Å². The van der Waals surface area contributed by atoms with Crippen molar-refractivity contribution in [2.24, 2.45) is 5.92 Å². The molecule has 142 valence electrons. The predicted octanol–water partition coefficient (Wildman–Crippen LogP) is 3.20. The standard InChI is InChI=1S/C20H21ClN2O3S/c1-12-8-9-13(10-15(12)21)14-11-23(2)20(25)18(14)19(24)22-16-6-4-5-7-17(16)27(3)26/h4-10,14,18H,11H2,1-3H3,(H,22,24)/t14-,18+,27?/m1/s1. The number of halogens is 1. The Labute approximate surface area is 166 Å². The molecule has 3 rings (SSSR count). The van der Waals surface area contributed by atoms with E-state index >= 15 is 0 Å². The van der Waals surface area contributed by atoms with E-state index in [1.54, 1.807) is 42.5 Å². The van der Waals surface area contributed by atoms with Crippen molar-refractivity contribution in [2.75, 3.05) is 25.2 Å². The van der Waals surface area contributed by atoms with Gasteiger partial charge in [0.15, 0.2) is 0 Å². The van der Waals surface area contributed by atoms with Crippen LogP contribution in [0.2, 0.25) is 5.02 Å². The number of aryl methyl sites for hydroxylation is 1. The number of hydrogen-bond donors (Lipinski definition) is 1. The molecule has 2 aromatic rings. The zero-order chi connectivity index (χ0) is 19.7. The van der Waals surface area contributed by atoms with Crippen LogP contribution >= 0.6 is 11.6 Å². The van der Waals surface area contributed by atoms with Gasteiger partial charge in [-0.25, -0.2) is 0 Å². The van der Waals surface area contributed by atoms with Crippen molar-refractivity contribution in [3.63, 3.8) is 0 Å². The van der Waals surface area contributed by atoms with Gasteiger partial charge in [0.1, 0.15) is 5.92 Å². The van der Waals surface area contributed by atoms with Gasteiger partial charge in [0.25, 0.3) is 0 Å². The van der Waals surface area contributed by atoms with Crippen molar-refractivity contribution in [1.82, 2.24) is 4.90 Å². The van der Waals surface area contributed by atoms with Gasteiger partial charge in [-0.2, -0.15) is 0 Å². The van der Waals surface area contributed by atoms with Gasteiger partial charge in [-0.05, 0) is 36.2 Å². The third kappa shape index (κ3) is 3.92. The topological polar surface area (TPSA) is 66.5 Å². The van der Waals surface area contributed by atoms with Crippen molar-refractivity contribution in [3.8, 4) is 0 Å². The summed E-state index contributed by atoms with van der Waals surface area (Å²) in [7, 11) is 0.436. The summed E-state index contributed by atoms with van der Waals surface area (Å²) in [6, 6.07) is 12.5. The van der Waals surface area contributed by atoms with E-state index in [1.807, 2.05) is 25.1 Å². The highest BCUT2D eigenvalue weighted by molar-refractivity contribution is 7.84. The minimum Gasteiger partial charge on any atom is -0.344 e. The Hall–Kier alpha value is -2.18. The second-order valence-corrected chi connectivity index (χ2v) is 8.51. The zero-order valence-electron chi connectivity index (χ0n) is 15.4. The molecule has 0 spiro atoms. The third-order valence-corrected chi connectivity index (χ3v) is 6.26. The number of carbonyl (C=O) groups excluding carboxylic acids is 2.